The van der Waals surface area contributed by atoms with E-state index in [1.165, 1.54) is 12.1 Å². The van der Waals surface area contributed by atoms with Gasteiger partial charge in [-0.25, -0.2) is 0 Å². The molecule has 0 aliphatic heterocycles. The van der Waals surface area contributed by atoms with Crippen molar-refractivity contribution in [2.75, 3.05) is 5.32 Å². The number of benzene rings is 2. The first-order chi connectivity index (χ1) is 9.95. The Labute approximate surface area is 122 Å². The van der Waals surface area contributed by atoms with Crippen LogP contribution >= 0.6 is 0 Å². The summed E-state index contributed by atoms with van der Waals surface area (Å²) in [6.07, 6.45) is 0.246. The SMILES string of the molecule is Cc1ccc(C)c(CC(=O)Nc2cccc([N+](=O)[O-])c2)c1. The fourth-order valence-corrected chi connectivity index (χ4v) is 2.07. The third-order valence-electron chi connectivity index (χ3n) is 3.20. The minimum Gasteiger partial charge on any atom is -0.326 e. The van der Waals surface area contributed by atoms with Crippen molar-refractivity contribution < 1.29 is 9.72 Å². The first-order valence-corrected chi connectivity index (χ1v) is 6.56. The molecule has 5 nitrogen and oxygen atoms in total. The van der Waals surface area contributed by atoms with Crippen LogP contribution in [0.3, 0.4) is 0 Å². The van der Waals surface area contributed by atoms with E-state index in [1.807, 2.05) is 32.0 Å². The second kappa shape index (κ2) is 6.17. The number of aryl methyl sites for hydroxylation is 2. The fourth-order valence-electron chi connectivity index (χ4n) is 2.07. The summed E-state index contributed by atoms with van der Waals surface area (Å²) >= 11 is 0. The Morgan fingerprint density at radius 2 is 1.95 bits per heavy atom. The summed E-state index contributed by atoms with van der Waals surface area (Å²) in [7, 11) is 0. The molecule has 2 aromatic rings. The second-order valence-electron chi connectivity index (χ2n) is 4.96. The van der Waals surface area contributed by atoms with Gasteiger partial charge in [0.25, 0.3) is 5.69 Å². The Bertz CT molecular complexity index is 696. The van der Waals surface area contributed by atoms with Crippen LogP contribution in [-0.2, 0) is 11.2 Å². The Hall–Kier alpha value is -2.69. The lowest BCUT2D eigenvalue weighted by Gasteiger charge is -2.08. The topological polar surface area (TPSA) is 72.2 Å². The van der Waals surface area contributed by atoms with Gasteiger partial charge in [0.05, 0.1) is 11.3 Å². The molecular weight excluding hydrogens is 268 g/mol. The number of anilines is 1. The molecule has 0 atom stereocenters. The quantitative estimate of drug-likeness (QED) is 0.691. The van der Waals surface area contributed by atoms with E-state index < -0.39 is 4.92 Å². The molecule has 0 aliphatic carbocycles. The molecular formula is C16H16N2O3. The maximum atomic E-state index is 12.0. The Morgan fingerprint density at radius 1 is 1.19 bits per heavy atom. The Kier molecular flexibility index (Phi) is 4.33. The van der Waals surface area contributed by atoms with E-state index in [0.717, 1.165) is 16.7 Å². The minimum absolute atomic E-state index is 0.0421. The standard InChI is InChI=1S/C16H16N2O3/c1-11-6-7-12(2)13(8-11)9-16(19)17-14-4-3-5-15(10-14)18(20)21/h3-8,10H,9H2,1-2H3,(H,17,19). The van der Waals surface area contributed by atoms with Crippen molar-refractivity contribution >= 4 is 17.3 Å². The van der Waals surface area contributed by atoms with E-state index in [0.29, 0.717) is 5.69 Å². The van der Waals surface area contributed by atoms with E-state index in [9.17, 15) is 14.9 Å². The predicted molar refractivity (Wildman–Crippen MR) is 81.3 cm³/mol. The van der Waals surface area contributed by atoms with Crippen molar-refractivity contribution in [2.45, 2.75) is 20.3 Å². The molecule has 0 heterocycles. The zero-order chi connectivity index (χ0) is 15.4. The fraction of sp³-hybridized carbons (Fsp3) is 0.188. The molecule has 0 spiro atoms. The van der Waals surface area contributed by atoms with Crippen LogP contribution in [0.25, 0.3) is 0 Å². The molecule has 0 radical (unpaired) electrons. The van der Waals surface area contributed by atoms with E-state index >= 15 is 0 Å². The molecule has 5 heteroatoms. The number of carbonyl (C=O) groups excluding carboxylic acids is 1. The second-order valence-corrected chi connectivity index (χ2v) is 4.96. The molecule has 0 aliphatic rings. The van der Waals surface area contributed by atoms with Gasteiger partial charge < -0.3 is 5.32 Å². The smallest absolute Gasteiger partial charge is 0.271 e. The molecule has 2 rings (SSSR count). The Balaban J connectivity index is 2.10. The van der Waals surface area contributed by atoms with Crippen LogP contribution in [0.1, 0.15) is 16.7 Å². The van der Waals surface area contributed by atoms with E-state index in [2.05, 4.69) is 5.32 Å². The molecule has 2 aromatic carbocycles. The number of nitro groups is 1. The summed E-state index contributed by atoms with van der Waals surface area (Å²) in [6.45, 7) is 3.93. The highest BCUT2D eigenvalue weighted by Gasteiger charge is 2.10. The van der Waals surface area contributed by atoms with Crippen LogP contribution < -0.4 is 5.32 Å². The molecule has 0 saturated heterocycles. The summed E-state index contributed by atoms with van der Waals surface area (Å²) in [5, 5.41) is 13.4. The van der Waals surface area contributed by atoms with E-state index in [-0.39, 0.29) is 18.0 Å². The van der Waals surface area contributed by atoms with Crippen LogP contribution in [0, 0.1) is 24.0 Å². The molecule has 1 N–H and O–H groups in total. The van der Waals surface area contributed by atoms with E-state index in [4.69, 9.17) is 0 Å². The molecule has 0 saturated carbocycles. The number of nitro benzene ring substituents is 1. The molecule has 0 aromatic heterocycles. The van der Waals surface area contributed by atoms with Gasteiger partial charge in [0.2, 0.25) is 5.91 Å². The summed E-state index contributed by atoms with van der Waals surface area (Å²) < 4.78 is 0. The summed E-state index contributed by atoms with van der Waals surface area (Å²) in [5.41, 5.74) is 3.49. The molecule has 108 valence electrons. The van der Waals surface area contributed by atoms with Gasteiger partial charge in [-0.15, -0.1) is 0 Å². The zero-order valence-electron chi connectivity index (χ0n) is 11.9. The molecule has 0 unspecified atom stereocenters. The number of nitrogens with zero attached hydrogens (tertiary/aromatic N) is 1. The normalized spacial score (nSPS) is 10.2. The lowest BCUT2D eigenvalue weighted by molar-refractivity contribution is -0.384. The van der Waals surface area contributed by atoms with Crippen molar-refractivity contribution in [1.29, 1.82) is 0 Å². The van der Waals surface area contributed by atoms with Gasteiger partial charge in [0.1, 0.15) is 0 Å². The average Bonchev–Trinajstić information content (AvgIpc) is 2.43. The van der Waals surface area contributed by atoms with Gasteiger partial charge in [-0.2, -0.15) is 0 Å². The highest BCUT2D eigenvalue weighted by atomic mass is 16.6. The highest BCUT2D eigenvalue weighted by molar-refractivity contribution is 5.92. The molecule has 21 heavy (non-hydrogen) atoms. The van der Waals surface area contributed by atoms with Crippen molar-refractivity contribution in [2.24, 2.45) is 0 Å². The van der Waals surface area contributed by atoms with Crippen LogP contribution in [0.5, 0.6) is 0 Å². The third kappa shape index (κ3) is 3.89. The van der Waals surface area contributed by atoms with Gasteiger partial charge in [-0.05, 0) is 31.0 Å². The van der Waals surface area contributed by atoms with Crippen LogP contribution in [0.2, 0.25) is 0 Å². The molecule has 0 bridgehead atoms. The number of hydrogen-bond donors (Lipinski definition) is 1. The number of nitrogens with one attached hydrogen (secondary N) is 1. The Morgan fingerprint density at radius 3 is 2.67 bits per heavy atom. The average molecular weight is 284 g/mol. The zero-order valence-corrected chi connectivity index (χ0v) is 11.9. The van der Waals surface area contributed by atoms with Crippen LogP contribution in [0.15, 0.2) is 42.5 Å². The van der Waals surface area contributed by atoms with Crippen molar-refractivity contribution in [3.05, 3.63) is 69.3 Å². The number of hydrogen-bond acceptors (Lipinski definition) is 3. The number of rotatable bonds is 4. The molecule has 0 fully saturated rings. The largest absolute Gasteiger partial charge is 0.326 e. The first kappa shape index (κ1) is 14.7. The highest BCUT2D eigenvalue weighted by Crippen LogP contribution is 2.18. The monoisotopic (exact) mass is 284 g/mol. The summed E-state index contributed by atoms with van der Waals surface area (Å²) in [6, 6.07) is 11.9. The van der Waals surface area contributed by atoms with Crippen molar-refractivity contribution in [3.63, 3.8) is 0 Å². The van der Waals surface area contributed by atoms with Gasteiger partial charge in [-0.1, -0.05) is 29.8 Å². The maximum absolute atomic E-state index is 12.0. The van der Waals surface area contributed by atoms with Gasteiger partial charge in [-0.3, -0.25) is 14.9 Å². The third-order valence-corrected chi connectivity index (χ3v) is 3.20. The summed E-state index contributed by atoms with van der Waals surface area (Å²) in [5.74, 6) is -0.191. The maximum Gasteiger partial charge on any atom is 0.271 e. The van der Waals surface area contributed by atoms with Crippen molar-refractivity contribution in [1.82, 2.24) is 0 Å². The first-order valence-electron chi connectivity index (χ1n) is 6.56. The van der Waals surface area contributed by atoms with Gasteiger partial charge >= 0.3 is 0 Å². The number of amides is 1. The minimum atomic E-state index is -0.486. The summed E-state index contributed by atoms with van der Waals surface area (Å²) in [4.78, 5) is 22.3. The van der Waals surface area contributed by atoms with Gasteiger partial charge in [0.15, 0.2) is 0 Å². The van der Waals surface area contributed by atoms with Crippen LogP contribution in [-0.4, -0.2) is 10.8 Å². The van der Waals surface area contributed by atoms with E-state index in [1.54, 1.807) is 12.1 Å². The van der Waals surface area contributed by atoms with Gasteiger partial charge in [0, 0.05) is 17.8 Å². The molecule has 1 amide bonds. The number of carbonyl (C=O) groups is 1. The van der Waals surface area contributed by atoms with Crippen LogP contribution in [0.4, 0.5) is 11.4 Å². The lowest BCUT2D eigenvalue weighted by Crippen LogP contribution is -2.15. The lowest BCUT2D eigenvalue weighted by atomic mass is 10.0. The predicted octanol–water partition coefficient (Wildman–Crippen LogP) is 3.39. The van der Waals surface area contributed by atoms with Crippen molar-refractivity contribution in [3.8, 4) is 0 Å². The number of non-ortho nitro benzene ring substituents is 1.